The molecule has 0 atom stereocenters. The van der Waals surface area contributed by atoms with Gasteiger partial charge in [-0.25, -0.2) is 0 Å². The van der Waals surface area contributed by atoms with Gasteiger partial charge < -0.3 is 10.3 Å². The summed E-state index contributed by atoms with van der Waals surface area (Å²) in [4.78, 5) is 11.4. The van der Waals surface area contributed by atoms with Crippen molar-refractivity contribution >= 4 is 29.3 Å². The Morgan fingerprint density at radius 1 is 1.40 bits per heavy atom. The zero-order valence-electron chi connectivity index (χ0n) is 7.62. The van der Waals surface area contributed by atoms with E-state index in [-0.39, 0.29) is 11.2 Å². The Labute approximate surface area is 94.1 Å². The Morgan fingerprint density at radius 2 is 2.20 bits per heavy atom. The summed E-state index contributed by atoms with van der Waals surface area (Å²) in [6, 6.07) is 0. The molecule has 0 unspecified atom stereocenters. The highest BCUT2D eigenvalue weighted by atomic mass is 35.5. The Hall–Kier alpha value is -1.41. The van der Waals surface area contributed by atoms with Crippen LogP contribution in [0.3, 0.4) is 0 Å². The van der Waals surface area contributed by atoms with Crippen molar-refractivity contribution in [2.24, 2.45) is 7.05 Å². The lowest BCUT2D eigenvalue weighted by atomic mass is 11.0. The van der Waals surface area contributed by atoms with Crippen LogP contribution in [0.25, 0.3) is 0 Å². The van der Waals surface area contributed by atoms with E-state index in [4.69, 9.17) is 17.3 Å². The minimum absolute atomic E-state index is 0.0622. The second-order valence-corrected chi connectivity index (χ2v) is 3.84. The first-order valence-corrected chi connectivity index (χ1v) is 5.03. The quantitative estimate of drug-likeness (QED) is 0.815. The Kier molecular flexibility index (Phi) is 2.69. The molecule has 0 saturated carbocycles. The van der Waals surface area contributed by atoms with E-state index in [1.54, 1.807) is 10.9 Å². The van der Waals surface area contributed by atoms with Crippen molar-refractivity contribution in [3.63, 3.8) is 0 Å². The van der Waals surface area contributed by atoms with Gasteiger partial charge in [0.15, 0.2) is 5.16 Å². The number of halogens is 1. The zero-order valence-corrected chi connectivity index (χ0v) is 9.20. The molecule has 7 nitrogen and oxygen atoms in total. The number of hydrogen-bond donors (Lipinski definition) is 1. The van der Waals surface area contributed by atoms with Gasteiger partial charge >= 0.3 is 0 Å². The van der Waals surface area contributed by atoms with Crippen LogP contribution >= 0.6 is 23.4 Å². The molecule has 78 valence electrons. The van der Waals surface area contributed by atoms with Crippen molar-refractivity contribution in [2.45, 2.75) is 10.3 Å². The highest BCUT2D eigenvalue weighted by molar-refractivity contribution is 7.99. The molecule has 9 heteroatoms. The molecule has 2 heterocycles. The first kappa shape index (κ1) is 10.1. The average Bonchev–Trinajstić information content (AvgIpc) is 2.50. The first-order chi connectivity index (χ1) is 7.15. The average molecular weight is 244 g/mol. The number of anilines is 1. The van der Waals surface area contributed by atoms with Gasteiger partial charge in [-0.15, -0.1) is 10.2 Å². The summed E-state index contributed by atoms with van der Waals surface area (Å²) in [5.74, 6) is 0.0830. The fourth-order valence-electron chi connectivity index (χ4n) is 0.839. The van der Waals surface area contributed by atoms with Crippen molar-refractivity contribution in [3.05, 3.63) is 11.6 Å². The van der Waals surface area contributed by atoms with Crippen molar-refractivity contribution < 1.29 is 0 Å². The van der Waals surface area contributed by atoms with E-state index in [1.807, 2.05) is 7.05 Å². The van der Waals surface area contributed by atoms with Crippen molar-refractivity contribution in [1.82, 2.24) is 29.7 Å². The number of aryl methyl sites for hydroxylation is 1. The fraction of sp³-hybridized carbons (Fsp3) is 0.167. The number of nitrogens with two attached hydrogens (primary N) is 1. The molecule has 0 aromatic carbocycles. The van der Waals surface area contributed by atoms with Gasteiger partial charge in [0.1, 0.15) is 6.33 Å². The summed E-state index contributed by atoms with van der Waals surface area (Å²) < 4.78 is 1.73. The predicted octanol–water partition coefficient (Wildman–Crippen LogP) is 0.387. The van der Waals surface area contributed by atoms with Gasteiger partial charge in [-0.05, 0) is 23.4 Å². The molecule has 0 aliphatic rings. The van der Waals surface area contributed by atoms with Crippen LogP contribution < -0.4 is 5.73 Å². The van der Waals surface area contributed by atoms with Crippen molar-refractivity contribution in [2.75, 3.05) is 5.73 Å². The van der Waals surface area contributed by atoms with Crippen LogP contribution in [0.5, 0.6) is 0 Å². The monoisotopic (exact) mass is 243 g/mol. The summed E-state index contributed by atoms with van der Waals surface area (Å²) in [5, 5.41) is 8.69. The largest absolute Gasteiger partial charge is 0.368 e. The van der Waals surface area contributed by atoms with Gasteiger partial charge in [-0.2, -0.15) is 15.0 Å². The molecule has 0 saturated heterocycles. The normalized spacial score (nSPS) is 10.5. The number of hydrogen-bond acceptors (Lipinski definition) is 7. The third-order valence-electron chi connectivity index (χ3n) is 1.46. The van der Waals surface area contributed by atoms with Crippen LogP contribution in [-0.4, -0.2) is 29.7 Å². The second-order valence-electron chi connectivity index (χ2n) is 2.57. The topological polar surface area (TPSA) is 95.4 Å². The van der Waals surface area contributed by atoms with E-state index in [0.717, 1.165) is 0 Å². The third kappa shape index (κ3) is 2.34. The van der Waals surface area contributed by atoms with Gasteiger partial charge in [0, 0.05) is 7.05 Å². The van der Waals surface area contributed by atoms with Gasteiger partial charge in [0.2, 0.25) is 16.4 Å². The molecular formula is C6H6ClN7S. The molecule has 2 rings (SSSR count). The van der Waals surface area contributed by atoms with Gasteiger partial charge in [0.25, 0.3) is 0 Å². The van der Waals surface area contributed by atoms with Gasteiger partial charge in [0.05, 0.1) is 0 Å². The fourth-order valence-corrected chi connectivity index (χ4v) is 1.77. The lowest BCUT2D eigenvalue weighted by Crippen LogP contribution is -2.00. The molecule has 2 aromatic heterocycles. The van der Waals surface area contributed by atoms with Crippen LogP contribution in [-0.2, 0) is 7.05 Å². The predicted molar refractivity (Wildman–Crippen MR) is 54.4 cm³/mol. The van der Waals surface area contributed by atoms with Crippen molar-refractivity contribution in [3.8, 4) is 0 Å². The van der Waals surface area contributed by atoms with Crippen LogP contribution in [0.1, 0.15) is 0 Å². The first-order valence-electron chi connectivity index (χ1n) is 3.84. The van der Waals surface area contributed by atoms with E-state index in [0.29, 0.717) is 10.3 Å². The van der Waals surface area contributed by atoms with Crippen LogP contribution in [0.2, 0.25) is 5.28 Å². The second kappa shape index (κ2) is 3.99. The number of nitrogens with zero attached hydrogens (tertiary/aromatic N) is 6. The maximum atomic E-state index is 5.63. The molecule has 2 aromatic rings. The lowest BCUT2D eigenvalue weighted by Gasteiger charge is -1.99. The molecule has 0 spiro atoms. The van der Waals surface area contributed by atoms with E-state index in [2.05, 4.69) is 25.1 Å². The number of nitrogen functional groups attached to an aromatic ring is 1. The summed E-state index contributed by atoms with van der Waals surface area (Å²) in [6.07, 6.45) is 1.58. The number of rotatable bonds is 2. The molecule has 0 bridgehead atoms. The summed E-state index contributed by atoms with van der Waals surface area (Å²) in [7, 11) is 1.81. The standard InChI is InChI=1S/C6H6ClN7S/c1-14-2-9-13-6(14)15-5-11-3(7)10-4(8)12-5/h2H,1H3,(H2,8,10,11,12). The summed E-state index contributed by atoms with van der Waals surface area (Å²) in [5.41, 5.74) is 5.42. The minimum atomic E-state index is 0.0622. The zero-order chi connectivity index (χ0) is 10.8. The minimum Gasteiger partial charge on any atom is -0.368 e. The molecule has 0 aliphatic heterocycles. The lowest BCUT2D eigenvalue weighted by molar-refractivity contribution is 0.782. The maximum Gasteiger partial charge on any atom is 0.228 e. The summed E-state index contributed by atoms with van der Waals surface area (Å²) in [6.45, 7) is 0. The Bertz CT molecular complexity index is 464. The molecule has 0 radical (unpaired) electrons. The third-order valence-corrected chi connectivity index (χ3v) is 2.54. The number of aromatic nitrogens is 6. The van der Waals surface area contributed by atoms with E-state index in [9.17, 15) is 0 Å². The molecule has 15 heavy (non-hydrogen) atoms. The smallest absolute Gasteiger partial charge is 0.228 e. The van der Waals surface area contributed by atoms with Crippen LogP contribution in [0.15, 0.2) is 16.6 Å². The molecule has 2 N–H and O–H groups in total. The van der Waals surface area contributed by atoms with Gasteiger partial charge in [-0.3, -0.25) is 0 Å². The molecule has 0 fully saturated rings. The van der Waals surface area contributed by atoms with Crippen LogP contribution in [0, 0.1) is 0 Å². The highest BCUT2D eigenvalue weighted by Crippen LogP contribution is 2.22. The molecular weight excluding hydrogens is 238 g/mol. The molecule has 0 aliphatic carbocycles. The maximum absolute atomic E-state index is 5.63. The molecule has 0 amide bonds. The Morgan fingerprint density at radius 3 is 2.80 bits per heavy atom. The van der Waals surface area contributed by atoms with E-state index in [1.165, 1.54) is 11.8 Å². The highest BCUT2D eigenvalue weighted by Gasteiger charge is 2.08. The summed E-state index contributed by atoms with van der Waals surface area (Å²) >= 11 is 6.84. The van der Waals surface area contributed by atoms with E-state index < -0.39 is 0 Å². The van der Waals surface area contributed by atoms with E-state index >= 15 is 0 Å². The Balaban J connectivity index is 2.28. The SMILES string of the molecule is Cn1cnnc1Sc1nc(N)nc(Cl)n1. The van der Waals surface area contributed by atoms with Crippen LogP contribution in [0.4, 0.5) is 5.95 Å². The van der Waals surface area contributed by atoms with Crippen molar-refractivity contribution in [1.29, 1.82) is 0 Å². The van der Waals surface area contributed by atoms with Gasteiger partial charge in [-0.1, -0.05) is 0 Å².